The van der Waals surface area contributed by atoms with Crippen LogP contribution in [0.25, 0.3) is 0 Å². The van der Waals surface area contributed by atoms with E-state index in [-0.39, 0.29) is 41.9 Å². The highest BCUT2D eigenvalue weighted by Gasteiger charge is 2.72. The molecule has 0 aromatic heterocycles. The molecular formula is C23H27N5O7. The summed E-state index contributed by atoms with van der Waals surface area (Å²) >= 11 is 0. The second-order valence-corrected chi connectivity index (χ2v) is 8.69. The Morgan fingerprint density at radius 3 is 2.37 bits per heavy atom. The molecule has 4 atom stereocenters. The summed E-state index contributed by atoms with van der Waals surface area (Å²) in [5.74, 6) is -1.34. The first-order valence-electron chi connectivity index (χ1n) is 10.9. The number of methoxy groups -OCH3 is 1. The standard InChI is InChI=1S/C22H24N4O5.CH3NO2/c1-10-17(24-13-6-4-12(5-7-13)23-11(2)28)20(30)16-14(9-27)22(31-3)21-15(25-21)8-26(22)18(16)19(10)29;2-1(3)4/h4-7,14-15,21,24-25,27H,8-9H2,1-3H3,(H,23,28);2H2,(H,3,4). The van der Waals surface area contributed by atoms with Crippen molar-refractivity contribution in [3.63, 3.8) is 0 Å². The van der Waals surface area contributed by atoms with Crippen LogP contribution in [0.1, 0.15) is 13.8 Å². The average Bonchev–Trinajstić information content (AvgIpc) is 3.40. The normalized spacial score (nSPS) is 28.1. The molecule has 2 amide bonds. The van der Waals surface area contributed by atoms with Gasteiger partial charge in [0.2, 0.25) is 17.5 Å². The van der Waals surface area contributed by atoms with E-state index in [4.69, 9.17) is 14.6 Å². The summed E-state index contributed by atoms with van der Waals surface area (Å²) in [6.45, 7) is 3.32. The first kappa shape index (κ1) is 24.4. The van der Waals surface area contributed by atoms with E-state index in [0.717, 1.165) is 0 Å². The summed E-state index contributed by atoms with van der Waals surface area (Å²) in [5, 5.41) is 26.5. The fourth-order valence-electron chi connectivity index (χ4n) is 5.28. The van der Waals surface area contributed by atoms with Crippen molar-refractivity contribution in [1.29, 1.82) is 0 Å². The van der Waals surface area contributed by atoms with Crippen LogP contribution in [0.4, 0.5) is 16.2 Å². The Bertz CT molecular complexity index is 1170. The van der Waals surface area contributed by atoms with Gasteiger partial charge in [-0.05, 0) is 31.2 Å². The topological polar surface area (TPSA) is 193 Å². The molecule has 4 unspecified atom stereocenters. The maximum atomic E-state index is 13.6. The lowest BCUT2D eigenvalue weighted by Gasteiger charge is -2.39. The zero-order valence-electron chi connectivity index (χ0n) is 19.4. The largest absolute Gasteiger partial charge is 0.465 e. The smallest absolute Gasteiger partial charge is 0.402 e. The van der Waals surface area contributed by atoms with E-state index in [1.807, 2.05) is 4.90 Å². The highest BCUT2D eigenvalue weighted by Crippen LogP contribution is 2.55. The summed E-state index contributed by atoms with van der Waals surface area (Å²) in [6, 6.07) is 7.02. The number of amides is 2. The van der Waals surface area contributed by atoms with Crippen LogP contribution in [0.5, 0.6) is 0 Å². The minimum absolute atomic E-state index is 0.0288. The third-order valence-corrected chi connectivity index (χ3v) is 6.69. The van der Waals surface area contributed by atoms with Gasteiger partial charge in [0.25, 0.3) is 0 Å². The monoisotopic (exact) mass is 485 g/mol. The molecular weight excluding hydrogens is 458 g/mol. The number of carbonyl (C=O) groups excluding carboxylic acids is 3. The Hall–Kier alpha value is -3.74. The van der Waals surface area contributed by atoms with Crippen molar-refractivity contribution in [2.75, 3.05) is 30.9 Å². The number of nitrogens with one attached hydrogen (secondary N) is 3. The van der Waals surface area contributed by atoms with Crippen LogP contribution in [-0.2, 0) is 19.1 Å². The van der Waals surface area contributed by atoms with E-state index >= 15 is 0 Å². The third-order valence-electron chi connectivity index (χ3n) is 6.69. The number of Topliss-reactive ketones (excluding diaryl/α,β-unsaturated/α-hetero) is 2. The summed E-state index contributed by atoms with van der Waals surface area (Å²) in [6.07, 6.45) is -1.33. The molecule has 0 bridgehead atoms. The van der Waals surface area contributed by atoms with Crippen molar-refractivity contribution in [2.45, 2.75) is 31.7 Å². The maximum Gasteiger partial charge on any atom is 0.402 e. The lowest BCUT2D eigenvalue weighted by molar-refractivity contribution is -0.137. The number of primary amides is 1. The molecule has 12 heteroatoms. The molecule has 3 heterocycles. The molecule has 2 saturated heterocycles. The van der Waals surface area contributed by atoms with E-state index in [1.54, 1.807) is 38.3 Å². The van der Waals surface area contributed by atoms with Crippen LogP contribution < -0.4 is 21.7 Å². The van der Waals surface area contributed by atoms with Gasteiger partial charge in [0.15, 0.2) is 5.72 Å². The zero-order valence-corrected chi connectivity index (χ0v) is 19.4. The Morgan fingerprint density at radius 2 is 1.83 bits per heavy atom. The summed E-state index contributed by atoms with van der Waals surface area (Å²) in [7, 11) is 1.56. The molecule has 186 valence electrons. The summed E-state index contributed by atoms with van der Waals surface area (Å²) in [4.78, 5) is 48.8. The molecule has 12 nitrogen and oxygen atoms in total. The number of carbonyl (C=O) groups is 4. The first-order chi connectivity index (χ1) is 16.6. The number of hydrogen-bond donors (Lipinski definition) is 6. The van der Waals surface area contributed by atoms with Crippen LogP contribution in [-0.4, -0.2) is 76.7 Å². The van der Waals surface area contributed by atoms with Crippen molar-refractivity contribution < 1.29 is 34.1 Å². The predicted octanol–water partition coefficient (Wildman–Crippen LogP) is -0.0193. The van der Waals surface area contributed by atoms with Crippen LogP contribution in [0, 0.1) is 5.92 Å². The molecule has 0 radical (unpaired) electrons. The number of rotatable bonds is 5. The van der Waals surface area contributed by atoms with Gasteiger partial charge < -0.3 is 41.5 Å². The minimum Gasteiger partial charge on any atom is -0.465 e. The van der Waals surface area contributed by atoms with Crippen molar-refractivity contribution in [1.82, 2.24) is 10.2 Å². The molecule has 2 fully saturated rings. The van der Waals surface area contributed by atoms with Crippen molar-refractivity contribution in [2.24, 2.45) is 11.7 Å². The predicted molar refractivity (Wildman–Crippen MR) is 124 cm³/mol. The molecule has 7 N–H and O–H groups in total. The number of ether oxygens (including phenoxy) is 1. The molecule has 1 aromatic carbocycles. The molecule has 5 rings (SSSR count). The van der Waals surface area contributed by atoms with Crippen molar-refractivity contribution in [3.05, 3.63) is 46.8 Å². The quantitative estimate of drug-likeness (QED) is 0.244. The molecule has 3 aliphatic heterocycles. The zero-order chi connectivity index (χ0) is 25.7. The second kappa shape index (κ2) is 8.80. The highest BCUT2D eigenvalue weighted by atomic mass is 16.5. The number of ketones is 2. The summed E-state index contributed by atoms with van der Waals surface area (Å²) < 4.78 is 5.89. The maximum absolute atomic E-state index is 13.6. The Kier molecular flexibility index (Phi) is 6.13. The van der Waals surface area contributed by atoms with Crippen molar-refractivity contribution in [3.8, 4) is 0 Å². The number of benzene rings is 1. The fourth-order valence-corrected chi connectivity index (χ4v) is 5.28. The lowest BCUT2D eigenvalue weighted by Crippen LogP contribution is -2.54. The van der Waals surface area contributed by atoms with Gasteiger partial charge in [-0.25, -0.2) is 4.79 Å². The van der Waals surface area contributed by atoms with Crippen LogP contribution >= 0.6 is 0 Å². The fraction of sp³-hybridized carbons (Fsp3) is 0.391. The van der Waals surface area contributed by atoms with Gasteiger partial charge in [-0.1, -0.05) is 0 Å². The number of carboxylic acid groups (broad SMARTS) is 1. The lowest BCUT2D eigenvalue weighted by atomic mass is 9.82. The Labute approximate surface area is 200 Å². The number of aliphatic hydroxyl groups excluding tert-OH is 1. The van der Waals surface area contributed by atoms with E-state index < -0.39 is 17.7 Å². The van der Waals surface area contributed by atoms with E-state index in [2.05, 4.69) is 21.7 Å². The van der Waals surface area contributed by atoms with Crippen LogP contribution in [0.15, 0.2) is 46.8 Å². The van der Waals surface area contributed by atoms with E-state index in [9.17, 15) is 19.5 Å². The van der Waals surface area contributed by atoms with Gasteiger partial charge in [-0.15, -0.1) is 0 Å². The Morgan fingerprint density at radius 1 is 1.23 bits per heavy atom. The van der Waals surface area contributed by atoms with E-state index in [0.29, 0.717) is 34.8 Å². The van der Waals surface area contributed by atoms with Gasteiger partial charge in [0.05, 0.1) is 30.0 Å². The SMILES string of the molecule is COC12C(CO)C3=C(C(=O)C(C)=C(Nc4ccc(NC(C)=O)cc4)C3=O)N1CC1NC12.NC(=O)O. The third kappa shape index (κ3) is 3.85. The molecule has 1 aromatic rings. The molecule has 1 aliphatic carbocycles. The van der Waals surface area contributed by atoms with Gasteiger partial charge in [0.1, 0.15) is 0 Å². The Balaban J connectivity index is 0.000000672. The number of aliphatic hydroxyl groups is 1. The van der Waals surface area contributed by atoms with Gasteiger partial charge in [-0.2, -0.15) is 0 Å². The number of nitrogens with zero attached hydrogens (tertiary/aromatic N) is 1. The van der Waals surface area contributed by atoms with Crippen LogP contribution in [0.3, 0.4) is 0 Å². The first-order valence-corrected chi connectivity index (χ1v) is 10.9. The number of allylic oxidation sites excluding steroid dienone is 2. The van der Waals surface area contributed by atoms with E-state index in [1.165, 1.54) is 6.92 Å². The number of hydrogen-bond acceptors (Lipinski definition) is 9. The number of nitrogens with two attached hydrogens (primary N) is 1. The number of anilines is 2. The average molecular weight is 485 g/mol. The number of fused-ring (bicyclic) bond motifs is 4. The molecule has 35 heavy (non-hydrogen) atoms. The van der Waals surface area contributed by atoms with Crippen LogP contribution in [0.2, 0.25) is 0 Å². The van der Waals surface area contributed by atoms with Gasteiger partial charge in [-0.3, -0.25) is 14.4 Å². The minimum atomic E-state index is -1.33. The van der Waals surface area contributed by atoms with Gasteiger partial charge in [0, 0.05) is 49.1 Å². The molecule has 4 aliphatic rings. The van der Waals surface area contributed by atoms with Crippen molar-refractivity contribution >= 4 is 34.9 Å². The molecule has 0 saturated carbocycles. The number of piperazine rings is 1. The highest BCUT2D eigenvalue weighted by molar-refractivity contribution is 6.26. The molecule has 0 spiro atoms. The van der Waals surface area contributed by atoms with Gasteiger partial charge >= 0.3 is 6.09 Å². The second-order valence-electron chi connectivity index (χ2n) is 8.69. The summed E-state index contributed by atoms with van der Waals surface area (Å²) in [5.41, 5.74) is 5.52.